The second-order valence-corrected chi connectivity index (χ2v) is 10.1. The highest BCUT2D eigenvalue weighted by Crippen LogP contribution is 2.33. The predicted octanol–water partition coefficient (Wildman–Crippen LogP) is 0.655. The fourth-order valence-corrected chi connectivity index (χ4v) is 4.88. The molecule has 0 aliphatic carbocycles. The molecule has 1 saturated heterocycles. The molecule has 1 unspecified atom stereocenters. The maximum atomic E-state index is 12.3. The van der Waals surface area contributed by atoms with Crippen LogP contribution < -0.4 is 5.32 Å². The standard InChI is InChI=1S/C17H29N5O4S/c1-4-27(24,25)21-7-5-6-17(11-21)12-22-15(10-26-17)14(19-20-22)9-18-16(23)8-13(2)3/h13H,4-12H2,1-3H3,(H,18,23). The summed E-state index contributed by atoms with van der Waals surface area (Å²) in [7, 11) is -3.24. The molecule has 0 aromatic carbocycles. The number of nitrogens with zero attached hydrogens (tertiary/aromatic N) is 4. The monoisotopic (exact) mass is 399 g/mol. The van der Waals surface area contributed by atoms with Crippen LogP contribution in [-0.4, -0.2) is 58.1 Å². The van der Waals surface area contributed by atoms with Crippen LogP contribution in [0, 0.1) is 5.92 Å². The van der Waals surface area contributed by atoms with E-state index in [4.69, 9.17) is 4.74 Å². The topological polar surface area (TPSA) is 106 Å². The molecule has 0 radical (unpaired) electrons. The molecule has 1 N–H and O–H groups in total. The van der Waals surface area contributed by atoms with Gasteiger partial charge in [0, 0.05) is 19.5 Å². The van der Waals surface area contributed by atoms with Crippen molar-refractivity contribution in [2.75, 3.05) is 18.8 Å². The molecule has 1 spiro atoms. The Labute approximate surface area is 160 Å². The van der Waals surface area contributed by atoms with Gasteiger partial charge in [0.25, 0.3) is 0 Å². The number of ether oxygens (including phenoxy) is 1. The van der Waals surface area contributed by atoms with Gasteiger partial charge in [-0.1, -0.05) is 19.1 Å². The van der Waals surface area contributed by atoms with Gasteiger partial charge in [-0.2, -0.15) is 4.31 Å². The first kappa shape index (κ1) is 20.2. The van der Waals surface area contributed by atoms with Crippen LogP contribution in [0.1, 0.15) is 51.4 Å². The van der Waals surface area contributed by atoms with Crippen LogP contribution in [0.15, 0.2) is 0 Å². The van der Waals surface area contributed by atoms with Crippen LogP contribution in [0.3, 0.4) is 0 Å². The van der Waals surface area contributed by atoms with Gasteiger partial charge in [0.05, 0.1) is 31.1 Å². The molecule has 1 amide bonds. The first-order valence-corrected chi connectivity index (χ1v) is 11.2. The molecule has 27 heavy (non-hydrogen) atoms. The molecule has 3 heterocycles. The normalized spacial score (nSPS) is 23.6. The Morgan fingerprint density at radius 2 is 2.15 bits per heavy atom. The van der Waals surface area contributed by atoms with Crippen LogP contribution in [0.5, 0.6) is 0 Å². The molecule has 2 aliphatic rings. The summed E-state index contributed by atoms with van der Waals surface area (Å²) in [5.41, 5.74) is 0.996. The van der Waals surface area contributed by atoms with E-state index in [2.05, 4.69) is 15.6 Å². The van der Waals surface area contributed by atoms with E-state index in [9.17, 15) is 13.2 Å². The van der Waals surface area contributed by atoms with E-state index in [1.165, 1.54) is 4.31 Å². The highest BCUT2D eigenvalue weighted by molar-refractivity contribution is 7.89. The van der Waals surface area contributed by atoms with Crippen LogP contribution in [0.4, 0.5) is 0 Å². The minimum atomic E-state index is -3.24. The summed E-state index contributed by atoms with van der Waals surface area (Å²) in [5.74, 6) is 0.390. The van der Waals surface area contributed by atoms with E-state index >= 15 is 0 Å². The van der Waals surface area contributed by atoms with E-state index in [0.717, 1.165) is 18.5 Å². The molecule has 9 nitrogen and oxygen atoms in total. The Kier molecular flexibility index (Phi) is 5.87. The summed E-state index contributed by atoms with van der Waals surface area (Å²) < 4.78 is 34.0. The molecule has 1 fully saturated rings. The number of piperidine rings is 1. The molecule has 152 valence electrons. The smallest absolute Gasteiger partial charge is 0.220 e. The van der Waals surface area contributed by atoms with Crippen LogP contribution in [0.2, 0.25) is 0 Å². The zero-order valence-corrected chi connectivity index (χ0v) is 17.1. The fraction of sp³-hybridized carbons (Fsp3) is 0.824. The lowest BCUT2D eigenvalue weighted by Crippen LogP contribution is -2.55. The van der Waals surface area contributed by atoms with Crippen molar-refractivity contribution in [1.82, 2.24) is 24.6 Å². The van der Waals surface area contributed by atoms with E-state index in [-0.39, 0.29) is 11.7 Å². The zero-order chi connectivity index (χ0) is 19.7. The Morgan fingerprint density at radius 1 is 1.37 bits per heavy atom. The molecular weight excluding hydrogens is 370 g/mol. The minimum absolute atomic E-state index is 0.00681. The van der Waals surface area contributed by atoms with Gasteiger partial charge in [-0.25, -0.2) is 13.1 Å². The summed E-state index contributed by atoms with van der Waals surface area (Å²) in [5, 5.41) is 11.3. The SMILES string of the molecule is CCS(=O)(=O)N1CCCC2(C1)Cn1nnc(CNC(=O)CC(C)C)c1CO2. The van der Waals surface area contributed by atoms with Crippen molar-refractivity contribution in [2.45, 2.75) is 65.3 Å². The van der Waals surface area contributed by atoms with Crippen molar-refractivity contribution in [3.8, 4) is 0 Å². The molecule has 0 saturated carbocycles. The quantitative estimate of drug-likeness (QED) is 0.753. The first-order chi connectivity index (χ1) is 12.7. The van der Waals surface area contributed by atoms with Gasteiger partial charge in [0.2, 0.25) is 15.9 Å². The lowest BCUT2D eigenvalue weighted by Gasteiger charge is -2.43. The van der Waals surface area contributed by atoms with Gasteiger partial charge in [0.15, 0.2) is 0 Å². The van der Waals surface area contributed by atoms with Crippen molar-refractivity contribution in [1.29, 1.82) is 0 Å². The van der Waals surface area contributed by atoms with E-state index in [1.54, 1.807) is 11.6 Å². The average molecular weight is 400 g/mol. The van der Waals surface area contributed by atoms with Crippen molar-refractivity contribution in [3.63, 3.8) is 0 Å². The molecule has 10 heteroatoms. The number of fused-ring (bicyclic) bond motifs is 1. The highest BCUT2D eigenvalue weighted by atomic mass is 32.2. The molecule has 2 aliphatic heterocycles. The Balaban J connectivity index is 1.67. The third-order valence-corrected chi connectivity index (χ3v) is 7.01. The van der Waals surface area contributed by atoms with Crippen LogP contribution >= 0.6 is 0 Å². The average Bonchev–Trinajstić information content (AvgIpc) is 3.01. The van der Waals surface area contributed by atoms with Gasteiger partial charge in [-0.05, 0) is 25.7 Å². The van der Waals surface area contributed by atoms with Gasteiger partial charge < -0.3 is 10.1 Å². The van der Waals surface area contributed by atoms with Gasteiger partial charge in [-0.15, -0.1) is 5.10 Å². The number of hydrogen-bond donors (Lipinski definition) is 1. The van der Waals surface area contributed by atoms with Crippen LogP contribution in [0.25, 0.3) is 0 Å². The summed E-state index contributed by atoms with van der Waals surface area (Å²) >= 11 is 0. The van der Waals surface area contributed by atoms with Gasteiger partial charge in [0.1, 0.15) is 11.3 Å². The Hall–Kier alpha value is -1.52. The summed E-state index contributed by atoms with van der Waals surface area (Å²) in [6, 6.07) is 0. The second kappa shape index (κ2) is 7.84. The fourth-order valence-electron chi connectivity index (χ4n) is 3.68. The third kappa shape index (κ3) is 4.49. The highest BCUT2D eigenvalue weighted by Gasteiger charge is 2.43. The number of sulfonamides is 1. The number of hydrogen-bond acceptors (Lipinski definition) is 6. The van der Waals surface area contributed by atoms with E-state index < -0.39 is 15.6 Å². The van der Waals surface area contributed by atoms with E-state index in [1.807, 2.05) is 13.8 Å². The maximum Gasteiger partial charge on any atom is 0.220 e. The Bertz CT molecular complexity index is 791. The van der Waals surface area contributed by atoms with Gasteiger partial charge in [-0.3, -0.25) is 4.79 Å². The molecule has 1 aromatic heterocycles. The third-order valence-electron chi connectivity index (χ3n) is 5.18. The van der Waals surface area contributed by atoms with Gasteiger partial charge >= 0.3 is 0 Å². The predicted molar refractivity (Wildman–Crippen MR) is 99.1 cm³/mol. The van der Waals surface area contributed by atoms with Crippen molar-refractivity contribution >= 4 is 15.9 Å². The maximum absolute atomic E-state index is 12.3. The minimum Gasteiger partial charge on any atom is -0.365 e. The summed E-state index contributed by atoms with van der Waals surface area (Å²) in [6.45, 7) is 7.68. The number of amides is 1. The molecule has 0 bridgehead atoms. The van der Waals surface area contributed by atoms with Crippen molar-refractivity contribution < 1.29 is 17.9 Å². The van der Waals surface area contributed by atoms with Crippen molar-refractivity contribution in [2.24, 2.45) is 5.92 Å². The van der Waals surface area contributed by atoms with Crippen molar-refractivity contribution in [3.05, 3.63) is 11.4 Å². The molecule has 3 rings (SSSR count). The summed E-state index contributed by atoms with van der Waals surface area (Å²) in [4.78, 5) is 11.9. The largest absolute Gasteiger partial charge is 0.365 e. The second-order valence-electron chi connectivity index (χ2n) is 7.82. The molecule has 1 aromatic rings. The number of nitrogens with one attached hydrogen (secondary N) is 1. The molecular formula is C17H29N5O4S. The van der Waals surface area contributed by atoms with E-state index in [0.29, 0.717) is 50.8 Å². The number of carbonyl (C=O) groups is 1. The lowest BCUT2D eigenvalue weighted by atomic mass is 9.92. The number of carbonyl (C=O) groups excluding carboxylic acids is 1. The Morgan fingerprint density at radius 3 is 2.85 bits per heavy atom. The number of rotatable bonds is 6. The zero-order valence-electron chi connectivity index (χ0n) is 16.3. The number of aromatic nitrogens is 3. The lowest BCUT2D eigenvalue weighted by molar-refractivity contribution is -0.122. The summed E-state index contributed by atoms with van der Waals surface area (Å²) in [6.07, 6.45) is 2.04. The molecule has 1 atom stereocenters. The van der Waals surface area contributed by atoms with Crippen LogP contribution in [-0.2, 0) is 39.3 Å². The first-order valence-electron chi connectivity index (χ1n) is 9.54.